The van der Waals surface area contributed by atoms with E-state index < -0.39 is 0 Å². The highest BCUT2D eigenvalue weighted by atomic mass is 16.5. The first-order valence-electron chi connectivity index (χ1n) is 5.52. The largest absolute Gasteiger partial charge is 0.493 e. The molecule has 1 aromatic carbocycles. The zero-order valence-corrected chi connectivity index (χ0v) is 9.88. The van der Waals surface area contributed by atoms with Gasteiger partial charge in [0.1, 0.15) is 5.75 Å². The van der Waals surface area contributed by atoms with Gasteiger partial charge in [-0.15, -0.1) is 0 Å². The molecule has 2 heteroatoms. The van der Waals surface area contributed by atoms with Crippen LogP contribution in [0.2, 0.25) is 0 Å². The normalized spacial score (nSPS) is 10.3. The number of benzene rings is 1. The van der Waals surface area contributed by atoms with Gasteiger partial charge in [0.25, 0.3) is 0 Å². The molecule has 0 aromatic heterocycles. The topological polar surface area (TPSA) is 18.5 Å². The van der Waals surface area contributed by atoms with Crippen molar-refractivity contribution in [2.75, 3.05) is 19.8 Å². The number of hydrogen-bond acceptors (Lipinski definition) is 2. The third-order valence-corrected chi connectivity index (χ3v) is 2.45. The summed E-state index contributed by atoms with van der Waals surface area (Å²) in [5.41, 5.74) is 2.51. The van der Waals surface area contributed by atoms with Crippen molar-refractivity contribution in [3.63, 3.8) is 0 Å². The highest BCUT2D eigenvalue weighted by Gasteiger charge is 2.00. The fourth-order valence-electron chi connectivity index (χ4n) is 1.37. The summed E-state index contributed by atoms with van der Waals surface area (Å²) in [7, 11) is 0. The molecule has 0 radical (unpaired) electrons. The third-order valence-electron chi connectivity index (χ3n) is 2.45. The molecule has 0 saturated heterocycles. The molecule has 0 N–H and O–H groups in total. The van der Waals surface area contributed by atoms with E-state index in [-0.39, 0.29) is 0 Å². The second kappa shape index (κ2) is 6.46. The van der Waals surface area contributed by atoms with Gasteiger partial charge in [-0.2, -0.15) is 0 Å². The van der Waals surface area contributed by atoms with E-state index in [1.165, 1.54) is 11.1 Å². The Kier molecular flexibility index (Phi) is 5.19. The molecule has 1 aromatic rings. The van der Waals surface area contributed by atoms with Crippen LogP contribution in [0.15, 0.2) is 18.2 Å². The average molecular weight is 208 g/mol. The monoisotopic (exact) mass is 208 g/mol. The highest BCUT2D eigenvalue weighted by molar-refractivity contribution is 5.38. The SMILES string of the molecule is CCOCCCOc1cccc(C)c1C. The molecular weight excluding hydrogens is 188 g/mol. The summed E-state index contributed by atoms with van der Waals surface area (Å²) in [6, 6.07) is 6.14. The Morgan fingerprint density at radius 3 is 2.67 bits per heavy atom. The van der Waals surface area contributed by atoms with E-state index in [1.807, 2.05) is 19.1 Å². The first-order valence-corrected chi connectivity index (χ1v) is 5.52. The van der Waals surface area contributed by atoms with Gasteiger partial charge in [0, 0.05) is 19.6 Å². The number of hydrogen-bond donors (Lipinski definition) is 0. The quantitative estimate of drug-likeness (QED) is 0.669. The van der Waals surface area contributed by atoms with E-state index in [0.29, 0.717) is 0 Å². The summed E-state index contributed by atoms with van der Waals surface area (Å²) in [6.45, 7) is 8.48. The Morgan fingerprint density at radius 1 is 1.13 bits per heavy atom. The van der Waals surface area contributed by atoms with Gasteiger partial charge in [0.2, 0.25) is 0 Å². The lowest BCUT2D eigenvalue weighted by molar-refractivity contribution is 0.130. The van der Waals surface area contributed by atoms with Crippen molar-refractivity contribution >= 4 is 0 Å². The van der Waals surface area contributed by atoms with Crippen LogP contribution in [0, 0.1) is 13.8 Å². The standard InChI is InChI=1S/C13H20O2/c1-4-14-9-6-10-15-13-8-5-7-11(2)12(13)3/h5,7-8H,4,6,9-10H2,1-3H3. The maximum Gasteiger partial charge on any atom is 0.122 e. The Bertz CT molecular complexity index is 295. The Labute approximate surface area is 92.2 Å². The first kappa shape index (κ1) is 12.1. The van der Waals surface area contributed by atoms with Crippen LogP contribution >= 0.6 is 0 Å². The lowest BCUT2D eigenvalue weighted by Crippen LogP contribution is -2.04. The Balaban J connectivity index is 2.34. The second-order valence-electron chi connectivity index (χ2n) is 3.60. The molecule has 0 saturated carbocycles. The maximum absolute atomic E-state index is 5.68. The number of ether oxygens (including phenoxy) is 2. The van der Waals surface area contributed by atoms with Crippen molar-refractivity contribution in [2.24, 2.45) is 0 Å². The van der Waals surface area contributed by atoms with Gasteiger partial charge in [-0.1, -0.05) is 12.1 Å². The van der Waals surface area contributed by atoms with Crippen molar-refractivity contribution < 1.29 is 9.47 Å². The van der Waals surface area contributed by atoms with E-state index in [2.05, 4.69) is 19.9 Å². The molecule has 0 fully saturated rings. The summed E-state index contributed by atoms with van der Waals surface area (Å²) in [4.78, 5) is 0. The minimum absolute atomic E-state index is 0.726. The Morgan fingerprint density at radius 2 is 1.93 bits per heavy atom. The van der Waals surface area contributed by atoms with Crippen LogP contribution in [0.3, 0.4) is 0 Å². The fourth-order valence-corrected chi connectivity index (χ4v) is 1.37. The maximum atomic E-state index is 5.68. The van der Waals surface area contributed by atoms with Crippen LogP contribution in [0.25, 0.3) is 0 Å². The molecule has 2 nitrogen and oxygen atoms in total. The van der Waals surface area contributed by atoms with E-state index in [1.54, 1.807) is 0 Å². The molecule has 0 amide bonds. The fraction of sp³-hybridized carbons (Fsp3) is 0.538. The number of rotatable bonds is 6. The summed E-state index contributed by atoms with van der Waals surface area (Å²) in [5, 5.41) is 0. The molecule has 0 unspecified atom stereocenters. The summed E-state index contributed by atoms with van der Waals surface area (Å²) >= 11 is 0. The van der Waals surface area contributed by atoms with E-state index >= 15 is 0 Å². The van der Waals surface area contributed by atoms with Crippen LogP contribution in [0.1, 0.15) is 24.5 Å². The molecule has 84 valence electrons. The zero-order chi connectivity index (χ0) is 11.1. The molecule has 0 aliphatic rings. The van der Waals surface area contributed by atoms with Gasteiger partial charge < -0.3 is 9.47 Å². The first-order chi connectivity index (χ1) is 7.25. The predicted molar refractivity (Wildman–Crippen MR) is 62.5 cm³/mol. The second-order valence-corrected chi connectivity index (χ2v) is 3.60. The predicted octanol–water partition coefficient (Wildman–Crippen LogP) is 3.11. The molecule has 0 spiro atoms. The van der Waals surface area contributed by atoms with Crippen LogP contribution in [0.5, 0.6) is 5.75 Å². The van der Waals surface area contributed by atoms with Crippen molar-refractivity contribution in [3.8, 4) is 5.75 Å². The van der Waals surface area contributed by atoms with Gasteiger partial charge in [-0.05, 0) is 38.0 Å². The molecule has 1 rings (SSSR count). The summed E-state index contributed by atoms with van der Waals surface area (Å²) < 4.78 is 10.9. The molecule has 0 atom stereocenters. The van der Waals surface area contributed by atoms with Gasteiger partial charge in [0.15, 0.2) is 0 Å². The molecule has 15 heavy (non-hydrogen) atoms. The minimum Gasteiger partial charge on any atom is -0.493 e. The van der Waals surface area contributed by atoms with E-state index in [0.717, 1.165) is 32.0 Å². The minimum atomic E-state index is 0.726. The lowest BCUT2D eigenvalue weighted by Gasteiger charge is -2.10. The smallest absolute Gasteiger partial charge is 0.122 e. The molecule has 0 aliphatic carbocycles. The van der Waals surface area contributed by atoms with Crippen molar-refractivity contribution in [3.05, 3.63) is 29.3 Å². The van der Waals surface area contributed by atoms with Gasteiger partial charge in [-0.3, -0.25) is 0 Å². The van der Waals surface area contributed by atoms with Gasteiger partial charge in [0.05, 0.1) is 6.61 Å². The lowest BCUT2D eigenvalue weighted by atomic mass is 10.1. The van der Waals surface area contributed by atoms with Crippen molar-refractivity contribution in [2.45, 2.75) is 27.2 Å². The zero-order valence-electron chi connectivity index (χ0n) is 9.88. The summed E-state index contributed by atoms with van der Waals surface area (Å²) in [5.74, 6) is 0.992. The molecule has 0 bridgehead atoms. The van der Waals surface area contributed by atoms with E-state index in [4.69, 9.17) is 9.47 Å². The van der Waals surface area contributed by atoms with Crippen molar-refractivity contribution in [1.82, 2.24) is 0 Å². The van der Waals surface area contributed by atoms with Crippen molar-refractivity contribution in [1.29, 1.82) is 0 Å². The van der Waals surface area contributed by atoms with Crippen LogP contribution < -0.4 is 4.74 Å². The number of aryl methyl sites for hydroxylation is 1. The van der Waals surface area contributed by atoms with E-state index in [9.17, 15) is 0 Å². The summed E-state index contributed by atoms with van der Waals surface area (Å²) in [6.07, 6.45) is 0.946. The average Bonchev–Trinajstić information content (AvgIpc) is 2.24. The van der Waals surface area contributed by atoms with Crippen LogP contribution in [-0.2, 0) is 4.74 Å². The van der Waals surface area contributed by atoms with Crippen LogP contribution in [0.4, 0.5) is 0 Å². The molecular formula is C13H20O2. The van der Waals surface area contributed by atoms with Gasteiger partial charge in [-0.25, -0.2) is 0 Å². The Hall–Kier alpha value is -1.02. The molecule has 0 heterocycles. The van der Waals surface area contributed by atoms with Gasteiger partial charge >= 0.3 is 0 Å². The third kappa shape index (κ3) is 3.92. The highest BCUT2D eigenvalue weighted by Crippen LogP contribution is 2.20. The molecule has 0 aliphatic heterocycles. The van der Waals surface area contributed by atoms with Crippen LogP contribution in [-0.4, -0.2) is 19.8 Å².